The minimum absolute atomic E-state index is 0.153. The highest BCUT2D eigenvalue weighted by atomic mass is 79.9. The highest BCUT2D eigenvalue weighted by Gasteiger charge is 2.07. The van der Waals surface area contributed by atoms with Crippen molar-refractivity contribution in [2.24, 2.45) is 0 Å². The van der Waals surface area contributed by atoms with Gasteiger partial charge in [0.25, 0.3) is 5.91 Å². The predicted molar refractivity (Wildman–Crippen MR) is 50.8 cm³/mol. The van der Waals surface area contributed by atoms with Gasteiger partial charge in [-0.25, -0.2) is 4.98 Å². The molecule has 1 N–H and O–H groups in total. The largest absolute Gasteiger partial charge is 0.295 e. The first-order valence-electron chi connectivity index (χ1n) is 2.68. The summed E-state index contributed by atoms with van der Waals surface area (Å²) < 4.78 is 3.30. The molecular weight excluding hydrogens is 248 g/mol. The van der Waals surface area contributed by atoms with Crippen LogP contribution < -0.4 is 4.72 Å². The third kappa shape index (κ3) is 2.46. The number of aromatic nitrogens is 1. The zero-order valence-electron chi connectivity index (χ0n) is 5.63. The summed E-state index contributed by atoms with van der Waals surface area (Å²) in [6.07, 6.45) is 1.79. The van der Waals surface area contributed by atoms with Crippen LogP contribution in [0.3, 0.4) is 0 Å². The van der Waals surface area contributed by atoms with Crippen molar-refractivity contribution in [3.63, 3.8) is 0 Å². The number of nitrogens with zero attached hydrogens (tertiary/aromatic N) is 1. The summed E-state index contributed by atoms with van der Waals surface area (Å²) in [4.78, 5) is 15.0. The molecule has 0 radical (unpaired) electrons. The van der Waals surface area contributed by atoms with Crippen molar-refractivity contribution < 1.29 is 4.79 Å². The van der Waals surface area contributed by atoms with Crippen LogP contribution in [0.5, 0.6) is 0 Å². The fraction of sp³-hybridized carbons (Fsp3) is 0.200. The molecule has 0 bridgehead atoms. The fourth-order valence-electron chi connectivity index (χ4n) is 0.501. The molecule has 0 aliphatic carbocycles. The number of rotatable bonds is 2. The topological polar surface area (TPSA) is 42.0 Å². The normalized spacial score (nSPS) is 9.64. The Balaban J connectivity index is 2.69. The van der Waals surface area contributed by atoms with E-state index in [9.17, 15) is 4.79 Å². The quantitative estimate of drug-likeness (QED) is 0.818. The van der Waals surface area contributed by atoms with Gasteiger partial charge < -0.3 is 0 Å². The molecule has 1 amide bonds. The van der Waals surface area contributed by atoms with Gasteiger partial charge >= 0.3 is 0 Å². The monoisotopic (exact) mass is 252 g/mol. The Labute approximate surface area is 80.9 Å². The highest BCUT2D eigenvalue weighted by molar-refractivity contribution is 9.11. The first-order valence-corrected chi connectivity index (χ1v) is 5.58. The van der Waals surface area contributed by atoms with Crippen LogP contribution in [0.25, 0.3) is 0 Å². The molecule has 0 saturated carbocycles. The third-order valence-electron chi connectivity index (χ3n) is 0.904. The molecule has 1 rings (SSSR count). The van der Waals surface area contributed by atoms with Gasteiger partial charge in [0.05, 0.1) is 0 Å². The first-order chi connectivity index (χ1) is 5.24. The summed E-state index contributed by atoms with van der Waals surface area (Å²) in [5, 5.41) is 1.70. The summed E-state index contributed by atoms with van der Waals surface area (Å²) in [6, 6.07) is 0. The number of hydrogen-bond acceptors (Lipinski definition) is 4. The van der Waals surface area contributed by atoms with Gasteiger partial charge in [-0.2, -0.15) is 0 Å². The summed E-state index contributed by atoms with van der Waals surface area (Å²) in [5.41, 5.74) is 0.455. The maximum atomic E-state index is 11.0. The van der Waals surface area contributed by atoms with Crippen molar-refractivity contribution in [2.75, 3.05) is 6.26 Å². The van der Waals surface area contributed by atoms with E-state index >= 15 is 0 Å². The maximum Gasteiger partial charge on any atom is 0.280 e. The zero-order valence-corrected chi connectivity index (χ0v) is 8.85. The van der Waals surface area contributed by atoms with E-state index < -0.39 is 0 Å². The van der Waals surface area contributed by atoms with Crippen LogP contribution in [0.2, 0.25) is 0 Å². The molecule has 1 heterocycles. The molecule has 0 aliphatic heterocycles. The van der Waals surface area contributed by atoms with Gasteiger partial charge in [0.1, 0.15) is 5.69 Å². The van der Waals surface area contributed by atoms with E-state index in [1.807, 2.05) is 0 Å². The smallest absolute Gasteiger partial charge is 0.280 e. The lowest BCUT2D eigenvalue weighted by Crippen LogP contribution is -2.15. The SMILES string of the molecule is CSNC(=O)c1csc(Br)n1. The lowest BCUT2D eigenvalue weighted by molar-refractivity contribution is 0.0980. The Morgan fingerprint density at radius 1 is 1.91 bits per heavy atom. The molecule has 0 unspecified atom stereocenters. The number of carbonyl (C=O) groups excluding carboxylic acids is 1. The summed E-state index contributed by atoms with van der Waals surface area (Å²) >= 11 is 5.83. The molecule has 11 heavy (non-hydrogen) atoms. The molecule has 0 aliphatic rings. The van der Waals surface area contributed by atoms with Crippen LogP contribution in [-0.2, 0) is 0 Å². The average Bonchev–Trinajstić information content (AvgIpc) is 2.36. The molecule has 0 saturated heterocycles. The second-order valence-electron chi connectivity index (χ2n) is 1.62. The van der Waals surface area contributed by atoms with E-state index in [2.05, 4.69) is 25.6 Å². The Bertz CT molecular complexity index is 263. The Morgan fingerprint density at radius 2 is 2.64 bits per heavy atom. The van der Waals surface area contributed by atoms with Crippen LogP contribution in [0.4, 0.5) is 0 Å². The van der Waals surface area contributed by atoms with E-state index in [4.69, 9.17) is 0 Å². The van der Waals surface area contributed by atoms with Gasteiger partial charge in [0.15, 0.2) is 3.92 Å². The highest BCUT2D eigenvalue weighted by Crippen LogP contribution is 2.15. The number of amides is 1. The second kappa shape index (κ2) is 4.08. The van der Waals surface area contributed by atoms with Gasteiger partial charge in [-0.05, 0) is 15.9 Å². The molecule has 60 valence electrons. The Kier molecular flexibility index (Phi) is 3.35. The van der Waals surface area contributed by atoms with E-state index in [-0.39, 0.29) is 5.91 Å². The summed E-state index contributed by atoms with van der Waals surface area (Å²) in [7, 11) is 0. The molecule has 0 spiro atoms. The molecule has 1 aromatic heterocycles. The lowest BCUT2D eigenvalue weighted by Gasteiger charge is -1.94. The Morgan fingerprint density at radius 3 is 3.09 bits per heavy atom. The number of carbonyl (C=O) groups is 1. The number of hydrogen-bond donors (Lipinski definition) is 1. The summed E-state index contributed by atoms with van der Waals surface area (Å²) in [5.74, 6) is -0.153. The Hall–Kier alpha value is -0.0700. The van der Waals surface area contributed by atoms with Gasteiger partial charge in [0.2, 0.25) is 0 Å². The molecule has 1 aromatic rings. The van der Waals surface area contributed by atoms with Crippen LogP contribution in [0.15, 0.2) is 9.30 Å². The van der Waals surface area contributed by atoms with E-state index in [1.54, 1.807) is 11.6 Å². The van der Waals surface area contributed by atoms with Crippen molar-refractivity contribution in [3.8, 4) is 0 Å². The third-order valence-corrected chi connectivity index (χ3v) is 2.66. The van der Waals surface area contributed by atoms with Crippen molar-refractivity contribution >= 4 is 45.1 Å². The van der Waals surface area contributed by atoms with Gasteiger partial charge in [0, 0.05) is 11.6 Å². The predicted octanol–water partition coefficient (Wildman–Crippen LogP) is 1.91. The molecule has 0 atom stereocenters. The minimum Gasteiger partial charge on any atom is -0.295 e. The number of halogens is 1. The summed E-state index contributed by atoms with van der Waals surface area (Å²) in [6.45, 7) is 0. The molecule has 3 nitrogen and oxygen atoms in total. The van der Waals surface area contributed by atoms with Gasteiger partial charge in [-0.15, -0.1) is 11.3 Å². The van der Waals surface area contributed by atoms with Crippen LogP contribution in [0, 0.1) is 0 Å². The second-order valence-corrected chi connectivity index (χ2v) is 4.37. The maximum absolute atomic E-state index is 11.0. The zero-order chi connectivity index (χ0) is 8.27. The number of thiazole rings is 1. The van der Waals surface area contributed by atoms with Crippen molar-refractivity contribution in [1.29, 1.82) is 0 Å². The van der Waals surface area contributed by atoms with Gasteiger partial charge in [-0.3, -0.25) is 9.52 Å². The molecule has 0 aromatic carbocycles. The lowest BCUT2D eigenvalue weighted by atomic mass is 10.5. The molecular formula is C5H5BrN2OS2. The van der Waals surface area contributed by atoms with Crippen molar-refractivity contribution in [2.45, 2.75) is 0 Å². The van der Waals surface area contributed by atoms with Crippen molar-refractivity contribution in [3.05, 3.63) is 15.0 Å². The van der Waals surface area contributed by atoms with Crippen LogP contribution in [-0.4, -0.2) is 17.1 Å². The van der Waals surface area contributed by atoms with Crippen LogP contribution >= 0.6 is 39.2 Å². The average molecular weight is 253 g/mol. The van der Waals surface area contributed by atoms with E-state index in [1.165, 1.54) is 23.3 Å². The van der Waals surface area contributed by atoms with E-state index in [0.717, 1.165) is 3.92 Å². The van der Waals surface area contributed by atoms with E-state index in [0.29, 0.717) is 5.69 Å². The van der Waals surface area contributed by atoms with Gasteiger partial charge in [-0.1, -0.05) is 11.9 Å². The minimum atomic E-state index is -0.153. The number of nitrogens with one attached hydrogen (secondary N) is 1. The fourth-order valence-corrected chi connectivity index (χ4v) is 1.78. The van der Waals surface area contributed by atoms with Crippen molar-refractivity contribution in [1.82, 2.24) is 9.71 Å². The molecule has 0 fully saturated rings. The standard InChI is InChI=1S/C5H5BrN2OS2/c1-10-8-4(9)3-2-11-5(6)7-3/h2H,1H3,(H,8,9). The molecule has 6 heteroatoms. The first kappa shape index (κ1) is 9.02. The van der Waals surface area contributed by atoms with Crippen LogP contribution in [0.1, 0.15) is 10.5 Å².